The monoisotopic (exact) mass is 815 g/mol. The average molecular weight is 816 g/mol. The maximum Gasteiger partial charge on any atom is 0.143 e. The van der Waals surface area contributed by atoms with E-state index < -0.39 is 5.41 Å². The molecule has 0 saturated carbocycles. The van der Waals surface area contributed by atoms with Crippen LogP contribution < -0.4 is 4.90 Å². The van der Waals surface area contributed by atoms with Crippen molar-refractivity contribution < 1.29 is 8.83 Å². The molecule has 0 N–H and O–H groups in total. The third-order valence-electron chi connectivity index (χ3n) is 13.9. The molecule has 2 heterocycles. The molecule has 3 nitrogen and oxygen atoms in total. The zero-order valence-electron chi connectivity index (χ0n) is 34.6. The molecule has 3 heteroatoms. The van der Waals surface area contributed by atoms with Gasteiger partial charge in [-0.25, -0.2) is 0 Å². The Morgan fingerprint density at radius 1 is 0.297 bits per heavy atom. The largest absolute Gasteiger partial charge is 0.455 e. The highest BCUT2D eigenvalue weighted by Gasteiger charge is 2.53. The van der Waals surface area contributed by atoms with Gasteiger partial charge < -0.3 is 13.7 Å². The Balaban J connectivity index is 0.992. The summed E-state index contributed by atoms with van der Waals surface area (Å²) in [4.78, 5) is 2.47. The number of fused-ring (bicyclic) bond motifs is 16. The predicted molar refractivity (Wildman–Crippen MR) is 263 cm³/mol. The number of nitrogens with zero attached hydrogens (tertiary/aromatic N) is 1. The van der Waals surface area contributed by atoms with Crippen molar-refractivity contribution in [3.8, 4) is 44.5 Å². The predicted octanol–water partition coefficient (Wildman–Crippen LogP) is 16.6. The average Bonchev–Trinajstić information content (AvgIpc) is 4.10. The van der Waals surface area contributed by atoms with E-state index in [0.717, 1.165) is 83.2 Å². The summed E-state index contributed by atoms with van der Waals surface area (Å²) >= 11 is 0. The van der Waals surface area contributed by atoms with E-state index >= 15 is 0 Å². The number of para-hydroxylation sites is 4. The summed E-state index contributed by atoms with van der Waals surface area (Å²) in [5.41, 5.74) is 21.0. The fraction of sp³-hybridized carbons (Fsp3) is 0.0164. The van der Waals surface area contributed by atoms with Crippen LogP contribution in [0, 0.1) is 0 Å². The van der Waals surface area contributed by atoms with Gasteiger partial charge in [-0.1, -0.05) is 182 Å². The standard InChI is InChI=1S/C61H37NO2/c1-6-24-52-44(14-1)45-15-2-7-25-53(45)61(52)54-26-8-3-16-46(54)49-21-13-27-55(58(49)61)62(40-34-30-38(31-35-40)42-19-11-22-50-47-17-4-9-28-56(47)63-59(42)50)41-36-32-39(33-37-41)43-20-12-23-51-48-18-5-10-29-57(48)64-60(43)51/h1-37H. The zero-order valence-corrected chi connectivity index (χ0v) is 34.6. The van der Waals surface area contributed by atoms with Crippen LogP contribution in [0.4, 0.5) is 17.1 Å². The summed E-state index contributed by atoms with van der Waals surface area (Å²) in [5.74, 6) is 0. The first-order valence-corrected chi connectivity index (χ1v) is 22.0. The fourth-order valence-corrected chi connectivity index (χ4v) is 11.3. The number of rotatable bonds is 5. The lowest BCUT2D eigenvalue weighted by Gasteiger charge is -2.36. The Hall–Kier alpha value is -8.40. The van der Waals surface area contributed by atoms with Crippen molar-refractivity contribution in [3.05, 3.63) is 247 Å². The molecule has 64 heavy (non-hydrogen) atoms. The highest BCUT2D eigenvalue weighted by molar-refractivity contribution is 6.11. The number of hydrogen-bond donors (Lipinski definition) is 0. The molecular formula is C61H37NO2. The van der Waals surface area contributed by atoms with Crippen LogP contribution in [0.1, 0.15) is 22.3 Å². The molecule has 0 radical (unpaired) electrons. The molecule has 0 atom stereocenters. The molecule has 0 unspecified atom stereocenters. The molecule has 0 saturated heterocycles. The maximum atomic E-state index is 6.52. The van der Waals surface area contributed by atoms with Gasteiger partial charge in [0, 0.05) is 49.6 Å². The van der Waals surface area contributed by atoms with Gasteiger partial charge >= 0.3 is 0 Å². The molecular weight excluding hydrogens is 779 g/mol. The van der Waals surface area contributed by atoms with Gasteiger partial charge in [0.1, 0.15) is 22.3 Å². The van der Waals surface area contributed by atoms with Crippen molar-refractivity contribution in [2.24, 2.45) is 0 Å². The summed E-state index contributed by atoms with van der Waals surface area (Å²) in [6.45, 7) is 0. The van der Waals surface area contributed by atoms with Gasteiger partial charge in [-0.3, -0.25) is 0 Å². The first-order chi connectivity index (χ1) is 31.8. The Kier molecular flexibility index (Phi) is 7.32. The summed E-state index contributed by atoms with van der Waals surface area (Å²) in [6.07, 6.45) is 0. The lowest BCUT2D eigenvalue weighted by atomic mass is 9.70. The molecule has 2 aromatic heterocycles. The summed E-state index contributed by atoms with van der Waals surface area (Å²) < 4.78 is 13.0. The molecule has 0 aliphatic heterocycles. The zero-order chi connectivity index (χ0) is 41.9. The van der Waals surface area contributed by atoms with E-state index in [9.17, 15) is 0 Å². The van der Waals surface area contributed by atoms with Crippen LogP contribution in [0.25, 0.3) is 88.4 Å². The minimum Gasteiger partial charge on any atom is -0.455 e. The van der Waals surface area contributed by atoms with Gasteiger partial charge in [-0.05, 0) is 92.5 Å². The van der Waals surface area contributed by atoms with Gasteiger partial charge in [0.15, 0.2) is 0 Å². The van der Waals surface area contributed by atoms with E-state index in [1.807, 2.05) is 24.3 Å². The minimum atomic E-state index is -0.526. The first kappa shape index (κ1) is 35.2. The van der Waals surface area contributed by atoms with Crippen LogP contribution in [-0.4, -0.2) is 0 Å². The summed E-state index contributed by atoms with van der Waals surface area (Å²) in [6, 6.07) is 81.5. The fourth-order valence-electron chi connectivity index (χ4n) is 11.3. The first-order valence-electron chi connectivity index (χ1n) is 22.0. The normalized spacial score (nSPS) is 13.1. The molecule has 10 aromatic carbocycles. The van der Waals surface area contributed by atoms with Gasteiger partial charge in [-0.2, -0.15) is 0 Å². The van der Waals surface area contributed by atoms with Crippen LogP contribution in [0.15, 0.2) is 233 Å². The van der Waals surface area contributed by atoms with Crippen molar-refractivity contribution in [2.75, 3.05) is 4.90 Å². The number of furan rings is 2. The number of hydrogen-bond acceptors (Lipinski definition) is 3. The summed E-state index contributed by atoms with van der Waals surface area (Å²) in [5, 5.41) is 4.51. The van der Waals surface area contributed by atoms with E-state index in [4.69, 9.17) is 8.83 Å². The lowest BCUT2D eigenvalue weighted by Crippen LogP contribution is -2.28. The maximum absolute atomic E-state index is 6.52. The molecule has 2 aliphatic carbocycles. The SMILES string of the molecule is c1ccc2c(c1)-c1ccccc1C21c2ccccc2-c2cccc(N(c3ccc(-c4cccc5c4oc4ccccc45)cc3)c3ccc(-c4cccc5c4oc4ccccc45)cc3)c21. The molecule has 2 aliphatic rings. The highest BCUT2D eigenvalue weighted by Crippen LogP contribution is 2.65. The Morgan fingerprint density at radius 2 is 0.672 bits per heavy atom. The molecule has 0 bridgehead atoms. The van der Waals surface area contributed by atoms with E-state index in [1.54, 1.807) is 0 Å². The number of benzene rings is 10. The highest BCUT2D eigenvalue weighted by atomic mass is 16.3. The van der Waals surface area contributed by atoms with Crippen molar-refractivity contribution in [2.45, 2.75) is 5.41 Å². The van der Waals surface area contributed by atoms with E-state index in [2.05, 4.69) is 205 Å². The minimum absolute atomic E-state index is 0.526. The van der Waals surface area contributed by atoms with Crippen molar-refractivity contribution >= 4 is 60.9 Å². The van der Waals surface area contributed by atoms with Crippen LogP contribution in [0.2, 0.25) is 0 Å². The van der Waals surface area contributed by atoms with Crippen molar-refractivity contribution in [1.29, 1.82) is 0 Å². The second-order valence-electron chi connectivity index (χ2n) is 17.1. The third kappa shape index (κ3) is 4.76. The molecule has 12 aromatic rings. The quantitative estimate of drug-likeness (QED) is 0.173. The Morgan fingerprint density at radius 3 is 1.17 bits per heavy atom. The lowest BCUT2D eigenvalue weighted by molar-refractivity contribution is 0.669. The molecule has 14 rings (SSSR count). The van der Waals surface area contributed by atoms with Crippen LogP contribution in [0.5, 0.6) is 0 Å². The molecule has 1 spiro atoms. The summed E-state index contributed by atoms with van der Waals surface area (Å²) in [7, 11) is 0. The van der Waals surface area contributed by atoms with E-state index in [1.165, 1.54) is 44.5 Å². The number of anilines is 3. The molecule has 0 fully saturated rings. The van der Waals surface area contributed by atoms with E-state index in [0.29, 0.717) is 0 Å². The smallest absolute Gasteiger partial charge is 0.143 e. The topological polar surface area (TPSA) is 29.5 Å². The van der Waals surface area contributed by atoms with Crippen LogP contribution in [0.3, 0.4) is 0 Å². The second-order valence-corrected chi connectivity index (χ2v) is 17.1. The second kappa shape index (κ2) is 13.3. The van der Waals surface area contributed by atoms with Gasteiger partial charge in [-0.15, -0.1) is 0 Å². The Bertz CT molecular complexity index is 3630. The van der Waals surface area contributed by atoms with E-state index in [-0.39, 0.29) is 0 Å². The van der Waals surface area contributed by atoms with Crippen LogP contribution >= 0.6 is 0 Å². The van der Waals surface area contributed by atoms with Gasteiger partial charge in [0.05, 0.1) is 11.1 Å². The molecule has 298 valence electrons. The third-order valence-corrected chi connectivity index (χ3v) is 13.9. The van der Waals surface area contributed by atoms with Crippen molar-refractivity contribution in [1.82, 2.24) is 0 Å². The molecule has 0 amide bonds. The van der Waals surface area contributed by atoms with Crippen LogP contribution in [-0.2, 0) is 5.41 Å². The Labute approximate surface area is 369 Å². The van der Waals surface area contributed by atoms with Crippen molar-refractivity contribution in [3.63, 3.8) is 0 Å². The van der Waals surface area contributed by atoms with Gasteiger partial charge in [0.2, 0.25) is 0 Å². The van der Waals surface area contributed by atoms with Gasteiger partial charge in [0.25, 0.3) is 0 Å².